The van der Waals surface area contributed by atoms with E-state index in [1.807, 2.05) is 6.07 Å². The van der Waals surface area contributed by atoms with Crippen LogP contribution in [0.2, 0.25) is 0 Å². The Morgan fingerprint density at radius 2 is 1.65 bits per heavy atom. The van der Waals surface area contributed by atoms with Gasteiger partial charge in [-0.1, -0.05) is 30.3 Å². The van der Waals surface area contributed by atoms with E-state index in [4.69, 9.17) is 4.74 Å². The second-order valence-electron chi connectivity index (χ2n) is 6.17. The van der Waals surface area contributed by atoms with Crippen LogP contribution in [0.1, 0.15) is 23.2 Å². The van der Waals surface area contributed by atoms with Gasteiger partial charge in [-0.2, -0.15) is 4.31 Å². The quantitative estimate of drug-likeness (QED) is 0.871. The lowest BCUT2D eigenvalue weighted by Gasteiger charge is -2.31. The number of methoxy groups -OCH3 is 1. The summed E-state index contributed by atoms with van der Waals surface area (Å²) in [6.45, 7) is 0.766. The molecule has 1 aliphatic rings. The predicted octanol–water partition coefficient (Wildman–Crippen LogP) is 2.28. The highest BCUT2D eigenvalue weighted by Crippen LogP contribution is 2.22. The lowest BCUT2D eigenvalue weighted by Crippen LogP contribution is -2.46. The highest BCUT2D eigenvalue weighted by atomic mass is 32.2. The molecule has 3 rings (SSSR count). The average molecular weight is 374 g/mol. The molecule has 0 spiro atoms. The molecule has 1 fully saturated rings. The molecule has 0 atom stereocenters. The van der Waals surface area contributed by atoms with Crippen LogP contribution in [0.4, 0.5) is 0 Å². The van der Waals surface area contributed by atoms with Gasteiger partial charge in [-0.3, -0.25) is 4.79 Å². The third kappa shape index (κ3) is 3.89. The molecular formula is C19H22N2O4S. The van der Waals surface area contributed by atoms with E-state index in [-0.39, 0.29) is 11.9 Å². The summed E-state index contributed by atoms with van der Waals surface area (Å²) in [6.07, 6.45) is 1.15. The number of amides is 1. The number of nitrogens with zero attached hydrogens (tertiary/aromatic N) is 1. The van der Waals surface area contributed by atoms with E-state index < -0.39 is 10.0 Å². The van der Waals surface area contributed by atoms with Gasteiger partial charge in [0, 0.05) is 19.1 Å². The van der Waals surface area contributed by atoms with Crippen molar-refractivity contribution in [2.75, 3.05) is 20.2 Å². The molecule has 6 nitrogen and oxygen atoms in total. The first-order valence-electron chi connectivity index (χ1n) is 8.51. The predicted molar refractivity (Wildman–Crippen MR) is 98.7 cm³/mol. The van der Waals surface area contributed by atoms with Gasteiger partial charge in [-0.25, -0.2) is 8.42 Å². The molecule has 0 saturated carbocycles. The number of rotatable bonds is 5. The fraction of sp³-hybridized carbons (Fsp3) is 0.316. The molecule has 2 aromatic rings. The Labute approximate surface area is 153 Å². The molecule has 138 valence electrons. The number of hydrogen-bond acceptors (Lipinski definition) is 4. The van der Waals surface area contributed by atoms with Crippen molar-refractivity contribution < 1.29 is 17.9 Å². The molecule has 0 radical (unpaired) electrons. The summed E-state index contributed by atoms with van der Waals surface area (Å²) < 4.78 is 32.0. The summed E-state index contributed by atoms with van der Waals surface area (Å²) in [6, 6.07) is 15.4. The Balaban J connectivity index is 1.61. The van der Waals surface area contributed by atoms with E-state index in [0.29, 0.717) is 42.1 Å². The molecule has 0 bridgehead atoms. The van der Waals surface area contributed by atoms with Crippen LogP contribution in [0.3, 0.4) is 0 Å². The van der Waals surface area contributed by atoms with Gasteiger partial charge >= 0.3 is 0 Å². The maximum Gasteiger partial charge on any atom is 0.255 e. The van der Waals surface area contributed by atoms with Crippen LogP contribution < -0.4 is 10.1 Å². The maximum atomic E-state index is 12.6. The maximum absolute atomic E-state index is 12.6. The minimum absolute atomic E-state index is 0.0605. The summed E-state index contributed by atoms with van der Waals surface area (Å²) in [5, 5.41) is 2.98. The molecule has 7 heteroatoms. The average Bonchev–Trinajstić information content (AvgIpc) is 2.69. The first kappa shape index (κ1) is 18.4. The molecule has 0 aliphatic carbocycles. The molecular weight excluding hydrogens is 352 g/mol. The zero-order valence-corrected chi connectivity index (χ0v) is 15.4. The summed E-state index contributed by atoms with van der Waals surface area (Å²) in [5.74, 6) is 0.320. The van der Waals surface area contributed by atoms with Gasteiger partial charge in [-0.15, -0.1) is 0 Å². The van der Waals surface area contributed by atoms with Crippen LogP contribution in [0.15, 0.2) is 59.5 Å². The third-order valence-corrected chi connectivity index (χ3v) is 6.43. The first-order chi connectivity index (χ1) is 12.5. The van der Waals surface area contributed by atoms with Crippen LogP contribution in [0.25, 0.3) is 0 Å². The van der Waals surface area contributed by atoms with Crippen LogP contribution in [-0.2, 0) is 10.0 Å². The Morgan fingerprint density at radius 3 is 2.31 bits per heavy atom. The van der Waals surface area contributed by atoms with Crippen molar-refractivity contribution in [2.24, 2.45) is 0 Å². The molecule has 2 aromatic carbocycles. The van der Waals surface area contributed by atoms with E-state index in [0.717, 1.165) is 0 Å². The van der Waals surface area contributed by atoms with Crippen molar-refractivity contribution in [3.8, 4) is 5.75 Å². The summed E-state index contributed by atoms with van der Waals surface area (Å²) in [7, 11) is -1.95. The minimum Gasteiger partial charge on any atom is -0.496 e. The Bertz CT molecular complexity index is 860. The highest BCUT2D eigenvalue weighted by Gasteiger charge is 2.30. The molecule has 1 amide bonds. The van der Waals surface area contributed by atoms with Crippen molar-refractivity contribution in [2.45, 2.75) is 23.8 Å². The van der Waals surface area contributed by atoms with Crippen LogP contribution in [0.5, 0.6) is 5.75 Å². The number of benzene rings is 2. The van der Waals surface area contributed by atoms with E-state index >= 15 is 0 Å². The topological polar surface area (TPSA) is 75.7 Å². The van der Waals surface area contributed by atoms with Gasteiger partial charge in [0.05, 0.1) is 17.6 Å². The Kier molecular flexibility index (Phi) is 5.58. The smallest absolute Gasteiger partial charge is 0.255 e. The van der Waals surface area contributed by atoms with Gasteiger partial charge in [0.2, 0.25) is 10.0 Å². The van der Waals surface area contributed by atoms with Crippen LogP contribution >= 0.6 is 0 Å². The molecule has 1 heterocycles. The Hall–Kier alpha value is -2.38. The van der Waals surface area contributed by atoms with Gasteiger partial charge in [0.1, 0.15) is 5.75 Å². The standard InChI is InChI=1S/C19H22N2O4S/c1-25-18-10-6-5-9-17(18)19(22)20-15-11-13-21(14-12-15)26(23,24)16-7-3-2-4-8-16/h2-10,15H,11-14H2,1H3,(H,20,22). The van der Waals surface area contributed by atoms with Crippen LogP contribution in [0, 0.1) is 0 Å². The second kappa shape index (κ2) is 7.88. The summed E-state index contributed by atoms with van der Waals surface area (Å²) >= 11 is 0. The number of carbonyl (C=O) groups is 1. The van der Waals surface area contributed by atoms with Crippen molar-refractivity contribution in [1.29, 1.82) is 0 Å². The summed E-state index contributed by atoms with van der Waals surface area (Å²) in [5.41, 5.74) is 0.481. The number of ether oxygens (including phenoxy) is 1. The molecule has 1 saturated heterocycles. The zero-order valence-electron chi connectivity index (χ0n) is 14.6. The molecule has 26 heavy (non-hydrogen) atoms. The largest absolute Gasteiger partial charge is 0.496 e. The van der Waals surface area contributed by atoms with Gasteiger partial charge in [0.15, 0.2) is 0 Å². The Morgan fingerprint density at radius 1 is 1.04 bits per heavy atom. The van der Waals surface area contributed by atoms with E-state index in [2.05, 4.69) is 5.32 Å². The van der Waals surface area contributed by atoms with Gasteiger partial charge in [-0.05, 0) is 37.1 Å². The fourth-order valence-corrected chi connectivity index (χ4v) is 4.57. The van der Waals surface area contributed by atoms with Gasteiger partial charge < -0.3 is 10.1 Å². The zero-order chi connectivity index (χ0) is 18.6. The highest BCUT2D eigenvalue weighted by molar-refractivity contribution is 7.89. The number of para-hydroxylation sites is 1. The number of nitrogens with one attached hydrogen (secondary N) is 1. The van der Waals surface area contributed by atoms with Crippen molar-refractivity contribution in [3.05, 3.63) is 60.2 Å². The monoisotopic (exact) mass is 374 g/mol. The van der Waals surface area contributed by atoms with Crippen molar-refractivity contribution in [3.63, 3.8) is 0 Å². The number of carbonyl (C=O) groups excluding carboxylic acids is 1. The van der Waals surface area contributed by atoms with E-state index in [9.17, 15) is 13.2 Å². The number of sulfonamides is 1. The lowest BCUT2D eigenvalue weighted by atomic mass is 10.1. The van der Waals surface area contributed by atoms with Crippen molar-refractivity contribution in [1.82, 2.24) is 9.62 Å². The third-order valence-electron chi connectivity index (χ3n) is 4.52. The van der Waals surface area contributed by atoms with Gasteiger partial charge in [0.25, 0.3) is 5.91 Å². The number of hydrogen-bond donors (Lipinski definition) is 1. The lowest BCUT2D eigenvalue weighted by molar-refractivity contribution is 0.0921. The number of piperidine rings is 1. The van der Waals surface area contributed by atoms with E-state index in [1.54, 1.807) is 48.5 Å². The molecule has 1 N–H and O–H groups in total. The SMILES string of the molecule is COc1ccccc1C(=O)NC1CCN(S(=O)(=O)c2ccccc2)CC1. The normalized spacial score (nSPS) is 16.2. The fourth-order valence-electron chi connectivity index (χ4n) is 3.08. The molecule has 0 unspecified atom stereocenters. The second-order valence-corrected chi connectivity index (χ2v) is 8.10. The van der Waals surface area contributed by atoms with E-state index in [1.165, 1.54) is 11.4 Å². The summed E-state index contributed by atoms with van der Waals surface area (Å²) in [4.78, 5) is 12.8. The molecule has 1 aliphatic heterocycles. The van der Waals surface area contributed by atoms with Crippen LogP contribution in [-0.4, -0.2) is 44.9 Å². The molecule has 0 aromatic heterocycles. The first-order valence-corrected chi connectivity index (χ1v) is 9.95. The van der Waals surface area contributed by atoms with Crippen molar-refractivity contribution >= 4 is 15.9 Å². The minimum atomic E-state index is -3.48.